The van der Waals surface area contributed by atoms with Gasteiger partial charge in [0, 0.05) is 0 Å². The zero-order chi connectivity index (χ0) is 10.4. The van der Waals surface area contributed by atoms with E-state index in [9.17, 15) is 9.59 Å². The topological polar surface area (TPSA) is 43.4 Å². The quantitative estimate of drug-likeness (QED) is 0.297. The Labute approximate surface area is 84.1 Å². The lowest BCUT2D eigenvalue weighted by Crippen LogP contribution is -2.20. The van der Waals surface area contributed by atoms with Gasteiger partial charge in [-0.3, -0.25) is 4.79 Å². The van der Waals surface area contributed by atoms with Crippen molar-refractivity contribution < 1.29 is 14.3 Å². The molecule has 0 radical (unpaired) electrons. The van der Waals surface area contributed by atoms with Gasteiger partial charge in [0.25, 0.3) is 0 Å². The number of hydrogen-bond acceptors (Lipinski definition) is 3. The summed E-state index contributed by atoms with van der Waals surface area (Å²) in [6, 6.07) is 0. The van der Waals surface area contributed by atoms with Crippen molar-refractivity contribution in [1.82, 2.24) is 0 Å². The molecule has 1 unspecified atom stereocenters. The number of allylic oxidation sites excluding steroid dienone is 2. The maximum atomic E-state index is 11.1. The van der Waals surface area contributed by atoms with E-state index in [-0.39, 0.29) is 0 Å². The van der Waals surface area contributed by atoms with Crippen molar-refractivity contribution in [3.05, 3.63) is 12.2 Å². The van der Waals surface area contributed by atoms with E-state index < -0.39 is 11.9 Å². The molecule has 0 aliphatic heterocycles. The summed E-state index contributed by atoms with van der Waals surface area (Å²) >= 11 is 0. The lowest BCUT2D eigenvalue weighted by atomic mass is 9.95. The number of carbonyl (C=O) groups is 2. The molecular weight excluding hydrogens is 180 g/mol. The Hall–Kier alpha value is -1.12. The van der Waals surface area contributed by atoms with Crippen LogP contribution in [0.15, 0.2) is 12.2 Å². The minimum Gasteiger partial charge on any atom is -0.465 e. The summed E-state index contributed by atoms with van der Waals surface area (Å²) in [6.45, 7) is 2.00. The summed E-state index contributed by atoms with van der Waals surface area (Å²) in [6.07, 6.45) is 7.98. The van der Waals surface area contributed by atoms with Crippen LogP contribution in [0.3, 0.4) is 0 Å². The van der Waals surface area contributed by atoms with Crippen LogP contribution in [0.25, 0.3) is 0 Å². The van der Waals surface area contributed by atoms with Gasteiger partial charge < -0.3 is 9.53 Å². The van der Waals surface area contributed by atoms with Crippen molar-refractivity contribution >= 4 is 12.3 Å². The summed E-state index contributed by atoms with van der Waals surface area (Å²) in [5, 5.41) is 0. The average Bonchev–Trinajstić information content (AvgIpc) is 2.26. The predicted octanol–water partition coefficient (Wildman–Crippen LogP) is 1.72. The molecule has 0 N–H and O–H groups in total. The van der Waals surface area contributed by atoms with Gasteiger partial charge in [-0.25, -0.2) is 0 Å². The Kier molecular flexibility index (Phi) is 4.36. The van der Waals surface area contributed by atoms with Crippen molar-refractivity contribution in [3.63, 3.8) is 0 Å². The van der Waals surface area contributed by atoms with Crippen LogP contribution >= 0.6 is 0 Å². The summed E-state index contributed by atoms with van der Waals surface area (Å²) in [5.41, 5.74) is 0. The lowest BCUT2D eigenvalue weighted by molar-refractivity contribution is -0.150. The SMILES string of the molecule is C[C@H](C=O)C(=O)OCC1CC=CCC1. The molecule has 78 valence electrons. The van der Waals surface area contributed by atoms with E-state index in [1.54, 1.807) is 6.92 Å². The Bertz CT molecular complexity index is 233. The standard InChI is InChI=1S/C11H16O3/c1-9(7-12)11(13)14-8-10-5-3-2-4-6-10/h2-3,7,9-10H,4-6,8H2,1H3/t9-,10?/m1/s1. The fraction of sp³-hybridized carbons (Fsp3) is 0.636. The van der Waals surface area contributed by atoms with E-state index in [4.69, 9.17) is 4.74 Å². The van der Waals surface area contributed by atoms with Crippen LogP contribution in [0.5, 0.6) is 0 Å². The molecule has 0 fully saturated rings. The molecule has 0 saturated carbocycles. The monoisotopic (exact) mass is 196 g/mol. The average molecular weight is 196 g/mol. The molecule has 3 nitrogen and oxygen atoms in total. The predicted molar refractivity (Wildman–Crippen MR) is 52.7 cm³/mol. The summed E-state index contributed by atoms with van der Waals surface area (Å²) < 4.78 is 5.03. The molecule has 1 rings (SSSR count). The molecule has 14 heavy (non-hydrogen) atoms. The van der Waals surface area contributed by atoms with Crippen LogP contribution in [0.2, 0.25) is 0 Å². The van der Waals surface area contributed by atoms with E-state index >= 15 is 0 Å². The fourth-order valence-corrected chi connectivity index (χ4v) is 1.39. The first-order valence-corrected chi connectivity index (χ1v) is 5.01. The van der Waals surface area contributed by atoms with Gasteiger partial charge >= 0.3 is 5.97 Å². The second-order valence-corrected chi connectivity index (χ2v) is 3.71. The molecule has 3 heteroatoms. The second-order valence-electron chi connectivity index (χ2n) is 3.71. The molecule has 0 aromatic heterocycles. The van der Waals surface area contributed by atoms with Gasteiger partial charge in [0.15, 0.2) is 0 Å². The molecule has 0 spiro atoms. The van der Waals surface area contributed by atoms with Gasteiger partial charge in [-0.15, -0.1) is 0 Å². The summed E-state index contributed by atoms with van der Waals surface area (Å²) in [7, 11) is 0. The van der Waals surface area contributed by atoms with Crippen LogP contribution in [-0.2, 0) is 14.3 Å². The zero-order valence-corrected chi connectivity index (χ0v) is 8.44. The molecular formula is C11H16O3. The van der Waals surface area contributed by atoms with E-state index in [0.717, 1.165) is 19.3 Å². The molecule has 1 aliphatic rings. The normalized spacial score (nSPS) is 22.8. The van der Waals surface area contributed by atoms with Crippen LogP contribution in [-0.4, -0.2) is 18.9 Å². The van der Waals surface area contributed by atoms with Crippen LogP contribution in [0.4, 0.5) is 0 Å². The molecule has 2 atom stereocenters. The second kappa shape index (κ2) is 5.58. The highest BCUT2D eigenvalue weighted by atomic mass is 16.5. The largest absolute Gasteiger partial charge is 0.465 e. The molecule has 1 aliphatic carbocycles. The molecule has 0 aromatic rings. The van der Waals surface area contributed by atoms with E-state index in [2.05, 4.69) is 12.2 Å². The van der Waals surface area contributed by atoms with Crippen LogP contribution in [0.1, 0.15) is 26.2 Å². The number of aldehydes is 1. The highest BCUT2D eigenvalue weighted by Crippen LogP contribution is 2.18. The Morgan fingerprint density at radius 1 is 1.64 bits per heavy atom. The van der Waals surface area contributed by atoms with Gasteiger partial charge in [-0.2, -0.15) is 0 Å². The third-order valence-electron chi connectivity index (χ3n) is 2.41. The number of rotatable bonds is 4. The number of esters is 1. The highest BCUT2D eigenvalue weighted by molar-refractivity contribution is 5.87. The van der Waals surface area contributed by atoms with Gasteiger partial charge in [0.2, 0.25) is 0 Å². The van der Waals surface area contributed by atoms with Crippen molar-refractivity contribution in [2.24, 2.45) is 11.8 Å². The molecule has 0 aromatic carbocycles. The van der Waals surface area contributed by atoms with Gasteiger partial charge in [-0.1, -0.05) is 12.2 Å². The maximum absolute atomic E-state index is 11.1. The number of ether oxygens (including phenoxy) is 1. The Balaban J connectivity index is 2.22. The van der Waals surface area contributed by atoms with Crippen molar-refractivity contribution in [3.8, 4) is 0 Å². The first-order chi connectivity index (χ1) is 6.74. The molecule has 0 bridgehead atoms. The number of carbonyl (C=O) groups excluding carboxylic acids is 2. The summed E-state index contributed by atoms with van der Waals surface area (Å²) in [5.74, 6) is -0.605. The maximum Gasteiger partial charge on any atom is 0.315 e. The molecule has 0 amide bonds. The third kappa shape index (κ3) is 3.32. The van der Waals surface area contributed by atoms with Crippen molar-refractivity contribution in [1.29, 1.82) is 0 Å². The van der Waals surface area contributed by atoms with Gasteiger partial charge in [-0.05, 0) is 32.1 Å². The minimum atomic E-state index is -0.630. The minimum absolute atomic E-state index is 0.408. The van der Waals surface area contributed by atoms with Gasteiger partial charge in [0.05, 0.1) is 6.61 Å². The Morgan fingerprint density at radius 3 is 3.00 bits per heavy atom. The molecule has 0 saturated heterocycles. The molecule has 0 heterocycles. The first-order valence-electron chi connectivity index (χ1n) is 5.01. The highest BCUT2D eigenvalue weighted by Gasteiger charge is 2.16. The number of hydrogen-bond donors (Lipinski definition) is 0. The van der Waals surface area contributed by atoms with E-state index in [1.165, 1.54) is 0 Å². The lowest BCUT2D eigenvalue weighted by Gasteiger charge is -2.17. The Morgan fingerprint density at radius 2 is 2.43 bits per heavy atom. The van der Waals surface area contributed by atoms with E-state index in [1.807, 2.05) is 0 Å². The van der Waals surface area contributed by atoms with E-state index in [0.29, 0.717) is 18.8 Å². The van der Waals surface area contributed by atoms with Crippen molar-refractivity contribution in [2.45, 2.75) is 26.2 Å². The fourth-order valence-electron chi connectivity index (χ4n) is 1.39. The van der Waals surface area contributed by atoms with Gasteiger partial charge in [0.1, 0.15) is 12.2 Å². The zero-order valence-electron chi connectivity index (χ0n) is 8.44. The summed E-state index contributed by atoms with van der Waals surface area (Å²) in [4.78, 5) is 21.4. The smallest absolute Gasteiger partial charge is 0.315 e. The third-order valence-corrected chi connectivity index (χ3v) is 2.41. The first kappa shape index (κ1) is 11.0. The van der Waals surface area contributed by atoms with Crippen LogP contribution < -0.4 is 0 Å². The van der Waals surface area contributed by atoms with Crippen LogP contribution in [0, 0.1) is 11.8 Å². The van der Waals surface area contributed by atoms with Crippen molar-refractivity contribution in [2.75, 3.05) is 6.61 Å².